The molecular formula is C14H17N5. The molecule has 0 spiro atoms. The van der Waals surface area contributed by atoms with Gasteiger partial charge in [-0.15, -0.1) is 0 Å². The van der Waals surface area contributed by atoms with E-state index in [9.17, 15) is 0 Å². The number of fused-ring (bicyclic) bond motifs is 1. The quantitative estimate of drug-likeness (QED) is 0.765. The lowest BCUT2D eigenvalue weighted by molar-refractivity contribution is 0.514. The minimum absolute atomic E-state index is 0.231. The molecule has 0 bridgehead atoms. The number of aryl methyl sites for hydroxylation is 1. The van der Waals surface area contributed by atoms with E-state index in [2.05, 4.69) is 24.0 Å². The van der Waals surface area contributed by atoms with E-state index in [4.69, 9.17) is 5.73 Å². The van der Waals surface area contributed by atoms with Crippen molar-refractivity contribution in [3.05, 3.63) is 36.2 Å². The third-order valence-electron chi connectivity index (χ3n) is 3.27. The number of nitrogen functional groups attached to an aromatic ring is 1. The minimum Gasteiger partial charge on any atom is -0.394 e. The third-order valence-corrected chi connectivity index (χ3v) is 3.27. The second kappa shape index (κ2) is 4.12. The number of nitrogens with zero attached hydrogens (tertiary/aromatic N) is 4. The zero-order valence-corrected chi connectivity index (χ0v) is 11.3. The lowest BCUT2D eigenvalue weighted by Crippen LogP contribution is -2.11. The van der Waals surface area contributed by atoms with E-state index in [0.29, 0.717) is 5.69 Å². The summed E-state index contributed by atoms with van der Waals surface area (Å²) in [5.41, 5.74) is 8.74. The fourth-order valence-corrected chi connectivity index (χ4v) is 2.26. The van der Waals surface area contributed by atoms with Gasteiger partial charge in [0.2, 0.25) is 0 Å². The van der Waals surface area contributed by atoms with Crippen LogP contribution >= 0.6 is 0 Å². The van der Waals surface area contributed by atoms with Crippen LogP contribution in [-0.4, -0.2) is 19.6 Å². The molecular weight excluding hydrogens is 238 g/mol. The normalized spacial score (nSPS) is 11.6. The topological polar surface area (TPSA) is 61.7 Å². The molecule has 0 saturated heterocycles. The van der Waals surface area contributed by atoms with Crippen LogP contribution in [0.4, 0.5) is 5.69 Å². The fraction of sp³-hybridized carbons (Fsp3) is 0.286. The van der Waals surface area contributed by atoms with Crippen molar-refractivity contribution in [2.45, 2.75) is 26.8 Å². The Balaban J connectivity index is 2.32. The van der Waals surface area contributed by atoms with E-state index in [1.54, 1.807) is 0 Å². The van der Waals surface area contributed by atoms with E-state index >= 15 is 0 Å². The maximum atomic E-state index is 6.18. The highest BCUT2D eigenvalue weighted by Gasteiger charge is 2.18. The Kier molecular flexibility index (Phi) is 2.55. The molecule has 2 aromatic heterocycles. The Hall–Kier alpha value is -2.30. The largest absolute Gasteiger partial charge is 0.394 e. The van der Waals surface area contributed by atoms with Crippen molar-refractivity contribution >= 4 is 16.6 Å². The van der Waals surface area contributed by atoms with Gasteiger partial charge in [0.05, 0.1) is 23.1 Å². The van der Waals surface area contributed by atoms with Gasteiger partial charge >= 0.3 is 0 Å². The van der Waals surface area contributed by atoms with Gasteiger partial charge in [-0.1, -0.05) is 18.2 Å². The Bertz CT molecular complexity index is 735. The van der Waals surface area contributed by atoms with Crippen LogP contribution in [0, 0.1) is 6.92 Å². The second-order valence-electron chi connectivity index (χ2n) is 4.98. The van der Waals surface area contributed by atoms with Gasteiger partial charge in [0.1, 0.15) is 0 Å². The molecule has 3 aromatic rings. The highest BCUT2D eigenvalue weighted by Crippen LogP contribution is 2.27. The van der Waals surface area contributed by atoms with Crippen LogP contribution in [0.5, 0.6) is 0 Å². The molecule has 19 heavy (non-hydrogen) atoms. The number of hydrogen-bond acceptors (Lipinski definition) is 3. The second-order valence-corrected chi connectivity index (χ2v) is 4.98. The summed E-state index contributed by atoms with van der Waals surface area (Å²) in [6.07, 6.45) is 1.85. The van der Waals surface area contributed by atoms with Crippen LogP contribution in [-0.2, 0) is 0 Å². The molecule has 3 rings (SSSR count). The molecule has 0 unspecified atom stereocenters. The maximum absolute atomic E-state index is 6.18. The first-order chi connectivity index (χ1) is 9.09. The number of hydrogen-bond donors (Lipinski definition) is 1. The highest BCUT2D eigenvalue weighted by atomic mass is 15.4. The Labute approximate surface area is 111 Å². The first-order valence-electron chi connectivity index (χ1n) is 6.37. The molecule has 0 aliphatic rings. The van der Waals surface area contributed by atoms with Crippen molar-refractivity contribution in [2.75, 3.05) is 5.73 Å². The molecule has 0 aliphatic carbocycles. The monoisotopic (exact) mass is 255 g/mol. The molecule has 2 heterocycles. The number of para-hydroxylation sites is 1. The maximum Gasteiger partial charge on any atom is 0.176 e. The average Bonchev–Trinajstić information content (AvgIpc) is 2.92. The van der Waals surface area contributed by atoms with Gasteiger partial charge in [0, 0.05) is 11.4 Å². The van der Waals surface area contributed by atoms with Gasteiger partial charge in [0.25, 0.3) is 0 Å². The van der Waals surface area contributed by atoms with Crippen LogP contribution in [0.25, 0.3) is 16.7 Å². The van der Waals surface area contributed by atoms with Crippen molar-refractivity contribution in [1.29, 1.82) is 0 Å². The molecule has 0 atom stereocenters. The standard InChI is InChI=1S/C14H17N5/c1-9(2)18-14(13(15)10(3)17-18)19-12-7-5-4-6-11(12)8-16-19/h4-9H,15H2,1-3H3. The van der Waals surface area contributed by atoms with Gasteiger partial charge < -0.3 is 5.73 Å². The minimum atomic E-state index is 0.231. The van der Waals surface area contributed by atoms with Crippen molar-refractivity contribution in [2.24, 2.45) is 0 Å². The van der Waals surface area contributed by atoms with Crippen molar-refractivity contribution in [1.82, 2.24) is 19.6 Å². The molecule has 98 valence electrons. The Morgan fingerprint density at radius 2 is 1.95 bits per heavy atom. The highest BCUT2D eigenvalue weighted by molar-refractivity contribution is 5.81. The van der Waals surface area contributed by atoms with Crippen molar-refractivity contribution in [3.63, 3.8) is 0 Å². The predicted octanol–water partition coefficient (Wildman–Crippen LogP) is 2.69. The van der Waals surface area contributed by atoms with Crippen LogP contribution in [0.15, 0.2) is 30.5 Å². The molecule has 5 nitrogen and oxygen atoms in total. The number of nitrogens with two attached hydrogens (primary N) is 1. The van der Waals surface area contributed by atoms with Gasteiger partial charge in [-0.25, -0.2) is 9.36 Å². The zero-order chi connectivity index (χ0) is 13.6. The molecule has 0 aliphatic heterocycles. The van der Waals surface area contributed by atoms with E-state index in [1.807, 2.05) is 46.7 Å². The fourth-order valence-electron chi connectivity index (χ4n) is 2.26. The number of anilines is 1. The van der Waals surface area contributed by atoms with Crippen LogP contribution < -0.4 is 5.73 Å². The zero-order valence-electron chi connectivity index (χ0n) is 11.3. The smallest absolute Gasteiger partial charge is 0.176 e. The lowest BCUT2D eigenvalue weighted by Gasteiger charge is -2.12. The van der Waals surface area contributed by atoms with Gasteiger partial charge in [-0.2, -0.15) is 10.2 Å². The summed E-state index contributed by atoms with van der Waals surface area (Å²) < 4.78 is 3.79. The third kappa shape index (κ3) is 1.69. The van der Waals surface area contributed by atoms with Crippen molar-refractivity contribution in [3.8, 4) is 5.82 Å². The number of aromatic nitrogens is 4. The lowest BCUT2D eigenvalue weighted by atomic mass is 10.2. The van der Waals surface area contributed by atoms with E-state index in [1.165, 1.54) is 0 Å². The summed E-state index contributed by atoms with van der Waals surface area (Å²) in [4.78, 5) is 0. The summed E-state index contributed by atoms with van der Waals surface area (Å²) in [7, 11) is 0. The summed E-state index contributed by atoms with van der Waals surface area (Å²) in [5.74, 6) is 0.841. The predicted molar refractivity (Wildman–Crippen MR) is 76.4 cm³/mol. The van der Waals surface area contributed by atoms with Crippen LogP contribution in [0.2, 0.25) is 0 Å². The van der Waals surface area contributed by atoms with Crippen molar-refractivity contribution < 1.29 is 0 Å². The molecule has 0 fully saturated rings. The number of benzene rings is 1. The first-order valence-corrected chi connectivity index (χ1v) is 6.37. The van der Waals surface area contributed by atoms with E-state index in [0.717, 1.165) is 22.4 Å². The summed E-state index contributed by atoms with van der Waals surface area (Å²) in [6.45, 7) is 6.09. The number of rotatable bonds is 2. The summed E-state index contributed by atoms with van der Waals surface area (Å²) in [6, 6.07) is 8.31. The molecule has 0 saturated carbocycles. The SMILES string of the molecule is Cc1nn(C(C)C)c(-n2ncc3ccccc32)c1N. The van der Waals surface area contributed by atoms with Crippen LogP contribution in [0.3, 0.4) is 0 Å². The van der Waals surface area contributed by atoms with Gasteiger partial charge in [-0.05, 0) is 26.8 Å². The summed E-state index contributed by atoms with van der Waals surface area (Å²) >= 11 is 0. The van der Waals surface area contributed by atoms with Crippen LogP contribution in [0.1, 0.15) is 25.6 Å². The molecule has 0 radical (unpaired) electrons. The average molecular weight is 255 g/mol. The molecule has 1 aromatic carbocycles. The molecule has 5 heteroatoms. The Morgan fingerprint density at radius 3 is 2.68 bits per heavy atom. The Morgan fingerprint density at radius 1 is 1.21 bits per heavy atom. The molecule has 2 N–H and O–H groups in total. The van der Waals surface area contributed by atoms with Gasteiger partial charge in [-0.3, -0.25) is 0 Å². The van der Waals surface area contributed by atoms with E-state index in [-0.39, 0.29) is 6.04 Å². The first kappa shape index (κ1) is 11.8. The summed E-state index contributed by atoms with van der Waals surface area (Å²) in [5, 5.41) is 10.1. The van der Waals surface area contributed by atoms with Gasteiger partial charge in [0.15, 0.2) is 5.82 Å². The van der Waals surface area contributed by atoms with E-state index < -0.39 is 0 Å². The molecule has 0 amide bonds.